The summed E-state index contributed by atoms with van der Waals surface area (Å²) >= 11 is 7.49. The van der Waals surface area contributed by atoms with Gasteiger partial charge < -0.3 is 19.3 Å². The molecule has 0 aromatic carbocycles. The zero-order valence-corrected chi connectivity index (χ0v) is 23.6. The van der Waals surface area contributed by atoms with Gasteiger partial charge in [0.15, 0.2) is 18.0 Å². The van der Waals surface area contributed by atoms with E-state index in [1.54, 1.807) is 13.0 Å². The number of alkyl halides is 1. The average molecular weight is 551 g/mol. The minimum absolute atomic E-state index is 0.0845. The van der Waals surface area contributed by atoms with Gasteiger partial charge >= 0.3 is 12.1 Å². The summed E-state index contributed by atoms with van der Waals surface area (Å²) in [5.74, 6) is -2.01. The number of hydrogen-bond acceptors (Lipinski definition) is 8. The number of allylic oxidation sites excluding steroid dienone is 4. The van der Waals surface area contributed by atoms with Crippen molar-refractivity contribution in [1.82, 2.24) is 0 Å². The molecule has 0 spiro atoms. The van der Waals surface area contributed by atoms with E-state index in [0.717, 1.165) is 5.57 Å². The van der Waals surface area contributed by atoms with E-state index in [9.17, 15) is 24.3 Å². The lowest BCUT2D eigenvalue weighted by Gasteiger charge is -2.64. The Balaban J connectivity index is 1.78. The highest BCUT2D eigenvalue weighted by atomic mass is 35.5. The predicted molar refractivity (Wildman–Crippen MR) is 139 cm³/mol. The van der Waals surface area contributed by atoms with E-state index in [1.165, 1.54) is 6.08 Å². The van der Waals surface area contributed by atoms with Gasteiger partial charge in [-0.2, -0.15) is 0 Å². The van der Waals surface area contributed by atoms with Gasteiger partial charge in [-0.1, -0.05) is 46.3 Å². The molecule has 4 rings (SSSR count). The molecule has 0 aromatic heterocycles. The van der Waals surface area contributed by atoms with Gasteiger partial charge in [-0.15, -0.1) is 11.6 Å². The third-order valence-corrected chi connectivity index (χ3v) is 10.8. The minimum atomic E-state index is -1.68. The molecule has 0 amide bonds. The number of esters is 1. The summed E-state index contributed by atoms with van der Waals surface area (Å²) in [6.45, 7) is 8.78. The van der Waals surface area contributed by atoms with Crippen molar-refractivity contribution in [2.45, 2.75) is 89.7 Å². The number of ether oxygens (including phenoxy) is 3. The summed E-state index contributed by atoms with van der Waals surface area (Å²) in [6.07, 6.45) is 5.46. The Kier molecular flexibility index (Phi) is 7.65. The van der Waals surface area contributed by atoms with Gasteiger partial charge in [0.05, 0.1) is 17.6 Å². The van der Waals surface area contributed by atoms with Crippen LogP contribution in [0.25, 0.3) is 0 Å². The smallest absolute Gasteiger partial charge is 0.457 e. The highest BCUT2D eigenvalue weighted by Crippen LogP contribution is 2.72. The highest BCUT2D eigenvalue weighted by Gasteiger charge is 2.76. The Morgan fingerprint density at radius 2 is 1.87 bits per heavy atom. The third-order valence-electron chi connectivity index (χ3n) is 9.92. The van der Waals surface area contributed by atoms with Gasteiger partial charge in [-0.3, -0.25) is 14.4 Å². The van der Waals surface area contributed by atoms with Crippen LogP contribution in [0.1, 0.15) is 73.1 Å². The molecule has 4 aliphatic rings. The first kappa shape index (κ1) is 28.8. The monoisotopic (exact) mass is 550 g/mol. The van der Waals surface area contributed by atoms with Crippen LogP contribution in [0.2, 0.25) is 0 Å². The number of halogens is 1. The lowest BCUT2D eigenvalue weighted by atomic mass is 9.45. The zero-order valence-electron chi connectivity index (χ0n) is 22.9. The van der Waals surface area contributed by atoms with Crippen LogP contribution in [-0.4, -0.2) is 58.6 Å². The fourth-order valence-electron chi connectivity index (χ4n) is 8.10. The van der Waals surface area contributed by atoms with Crippen molar-refractivity contribution in [3.8, 4) is 0 Å². The van der Waals surface area contributed by atoms with E-state index in [-0.39, 0.29) is 37.1 Å². The first-order valence-electron chi connectivity index (χ1n) is 13.7. The third kappa shape index (κ3) is 3.96. The van der Waals surface area contributed by atoms with Crippen molar-refractivity contribution >= 4 is 35.3 Å². The molecule has 0 heterocycles. The predicted octanol–water partition coefficient (Wildman–Crippen LogP) is 4.70. The molecular formula is C29H39ClO8. The normalized spacial score (nSPS) is 41.3. The largest absolute Gasteiger partial charge is 0.509 e. The van der Waals surface area contributed by atoms with Gasteiger partial charge in [0, 0.05) is 23.2 Å². The summed E-state index contributed by atoms with van der Waals surface area (Å²) in [4.78, 5) is 49.8. The van der Waals surface area contributed by atoms with Gasteiger partial charge in [0.1, 0.15) is 0 Å². The summed E-state index contributed by atoms with van der Waals surface area (Å²) in [5, 5.41) is 11.8. The summed E-state index contributed by atoms with van der Waals surface area (Å²) in [6, 6.07) is 0. The molecule has 0 saturated heterocycles. The van der Waals surface area contributed by atoms with Crippen LogP contribution in [0, 0.1) is 28.6 Å². The van der Waals surface area contributed by atoms with E-state index in [1.807, 2.05) is 33.8 Å². The molecule has 1 N–H and O–H groups in total. The number of carbonyl (C=O) groups is 4. The van der Waals surface area contributed by atoms with Gasteiger partial charge in [-0.05, 0) is 56.1 Å². The quantitative estimate of drug-likeness (QED) is 0.358. The molecule has 9 heteroatoms. The summed E-state index contributed by atoms with van der Waals surface area (Å²) < 4.78 is 16.5. The fraction of sp³-hybridized carbons (Fsp3) is 0.724. The molecule has 38 heavy (non-hydrogen) atoms. The molecule has 8 nitrogen and oxygen atoms in total. The molecule has 1 unspecified atom stereocenters. The second-order valence-electron chi connectivity index (χ2n) is 11.8. The summed E-state index contributed by atoms with van der Waals surface area (Å²) in [5.41, 5.74) is -2.52. The molecule has 4 aliphatic carbocycles. The molecule has 0 aromatic rings. The Morgan fingerprint density at radius 3 is 2.53 bits per heavy atom. The standard InChI is InChI=1S/C29H39ClO8/c1-6-12-36-25(35)38-29(23(33)16-37-24(34)7-2)17(3)13-21-20-9-8-18-14-19(31)10-11-26(18,4)28(20,30)22(32)15-27(21,29)5/h10-11,14,17,20-22,32H,6-9,12-13,15-16H2,1-5H3/t17-,20+,21+,22?,26+,27+,28+,29+/m1/s1. The second-order valence-corrected chi connectivity index (χ2v) is 12.4. The SMILES string of the molecule is CCCOC(=O)O[C@]1(C(=O)COC(=O)CC)[C@H](C)C[C@H]2[C@@H]3CCC4=CC(=O)C=C[C@]4(C)[C@@]3(Cl)C(O)C[C@@]21C. The number of carbonyl (C=O) groups excluding carboxylic acids is 4. The van der Waals surface area contributed by atoms with E-state index in [0.29, 0.717) is 25.7 Å². The zero-order chi connectivity index (χ0) is 28.1. The summed E-state index contributed by atoms with van der Waals surface area (Å²) in [7, 11) is 0. The highest BCUT2D eigenvalue weighted by molar-refractivity contribution is 6.26. The first-order valence-corrected chi connectivity index (χ1v) is 14.1. The maximum Gasteiger partial charge on any atom is 0.509 e. The molecule has 8 atom stereocenters. The van der Waals surface area contributed by atoms with E-state index in [4.69, 9.17) is 25.8 Å². The number of hydrogen-bond donors (Lipinski definition) is 1. The fourth-order valence-corrected chi connectivity index (χ4v) is 8.62. The Labute approximate surface area is 229 Å². The molecule has 0 aliphatic heterocycles. The molecular weight excluding hydrogens is 512 g/mol. The minimum Gasteiger partial charge on any atom is -0.457 e. The molecule has 0 radical (unpaired) electrons. The van der Waals surface area contributed by atoms with Gasteiger partial charge in [0.2, 0.25) is 5.78 Å². The van der Waals surface area contributed by atoms with Crippen molar-refractivity contribution in [1.29, 1.82) is 0 Å². The van der Waals surface area contributed by atoms with Crippen LogP contribution in [0.3, 0.4) is 0 Å². The van der Waals surface area contributed by atoms with Crippen molar-refractivity contribution in [3.05, 3.63) is 23.8 Å². The van der Waals surface area contributed by atoms with E-state index in [2.05, 4.69) is 0 Å². The number of ketones is 2. The van der Waals surface area contributed by atoms with Crippen LogP contribution in [-0.2, 0) is 28.6 Å². The second kappa shape index (κ2) is 10.1. The van der Waals surface area contributed by atoms with Crippen molar-refractivity contribution in [2.24, 2.45) is 28.6 Å². The van der Waals surface area contributed by atoms with Crippen LogP contribution in [0.5, 0.6) is 0 Å². The van der Waals surface area contributed by atoms with Crippen molar-refractivity contribution in [2.75, 3.05) is 13.2 Å². The van der Waals surface area contributed by atoms with E-state index >= 15 is 0 Å². The van der Waals surface area contributed by atoms with E-state index < -0.39 is 57.8 Å². The number of aliphatic hydroxyl groups is 1. The van der Waals surface area contributed by atoms with Crippen molar-refractivity contribution < 1.29 is 38.5 Å². The van der Waals surface area contributed by atoms with Crippen LogP contribution >= 0.6 is 11.6 Å². The van der Waals surface area contributed by atoms with Crippen molar-refractivity contribution in [3.63, 3.8) is 0 Å². The van der Waals surface area contributed by atoms with Gasteiger partial charge in [-0.25, -0.2) is 4.79 Å². The lowest BCUT2D eigenvalue weighted by Crippen LogP contribution is -2.69. The lowest BCUT2D eigenvalue weighted by molar-refractivity contribution is -0.187. The molecule has 3 fully saturated rings. The first-order chi connectivity index (χ1) is 17.8. The maximum atomic E-state index is 14.0. The molecule has 0 bridgehead atoms. The number of aliphatic hydroxyl groups excluding tert-OH is 1. The maximum absolute atomic E-state index is 14.0. The Morgan fingerprint density at radius 1 is 1.16 bits per heavy atom. The Hall–Kier alpha value is -2.19. The van der Waals surface area contributed by atoms with Gasteiger partial charge in [0.25, 0.3) is 0 Å². The topological polar surface area (TPSA) is 116 Å². The number of fused-ring (bicyclic) bond motifs is 5. The Bertz CT molecular complexity index is 1080. The average Bonchev–Trinajstić information content (AvgIpc) is 3.09. The molecule has 3 saturated carbocycles. The van der Waals surface area contributed by atoms with Crippen LogP contribution in [0.4, 0.5) is 4.79 Å². The molecule has 210 valence electrons. The number of Topliss-reactive ketones (excluding diaryl/α,β-unsaturated/α-hetero) is 1. The number of rotatable bonds is 7. The van der Waals surface area contributed by atoms with Crippen LogP contribution in [0.15, 0.2) is 23.8 Å². The van der Waals surface area contributed by atoms with Crippen LogP contribution < -0.4 is 0 Å².